The Bertz CT molecular complexity index is 1210. The number of aromatic hydroxyl groups is 1. The summed E-state index contributed by atoms with van der Waals surface area (Å²) in [5.41, 5.74) is -1.02. The third kappa shape index (κ3) is 9.05. The van der Waals surface area contributed by atoms with Crippen molar-refractivity contribution in [3.8, 4) is 11.5 Å². The summed E-state index contributed by atoms with van der Waals surface area (Å²) in [5.74, 6) is -0.385. The Labute approximate surface area is 247 Å². The van der Waals surface area contributed by atoms with Gasteiger partial charge in [0.25, 0.3) is 0 Å². The summed E-state index contributed by atoms with van der Waals surface area (Å²) in [6, 6.07) is 12.8. The molecule has 3 aromatic rings. The van der Waals surface area contributed by atoms with Gasteiger partial charge in [-0.05, 0) is 84.5 Å². The second-order valence-corrected chi connectivity index (χ2v) is 8.49. The molecule has 0 spiro atoms. The van der Waals surface area contributed by atoms with Crippen LogP contribution in [-0.2, 0) is 64.5 Å². The molecule has 209 valence electrons. The monoisotopic (exact) mass is 631 g/mol. The van der Waals surface area contributed by atoms with Crippen LogP contribution in [0.4, 0.5) is 26.3 Å². The number of phenols is 1. The maximum atomic E-state index is 13.2. The summed E-state index contributed by atoms with van der Waals surface area (Å²) in [7, 11) is 0. The first-order valence-corrected chi connectivity index (χ1v) is 11.8. The van der Waals surface area contributed by atoms with Crippen LogP contribution in [0.1, 0.15) is 58.4 Å². The molecule has 0 saturated carbocycles. The van der Waals surface area contributed by atoms with Crippen LogP contribution < -0.4 is 4.74 Å². The summed E-state index contributed by atoms with van der Waals surface area (Å²) in [4.78, 5) is 13.0. The van der Waals surface area contributed by atoms with Crippen molar-refractivity contribution < 1.29 is 79.2 Å². The molecule has 1 aliphatic rings. The molecule has 0 aromatic heterocycles. The fourth-order valence-corrected chi connectivity index (χ4v) is 4.16. The quantitative estimate of drug-likeness (QED) is 0.303. The summed E-state index contributed by atoms with van der Waals surface area (Å²) in [6.45, 7) is 4.24. The van der Waals surface area contributed by atoms with Crippen LogP contribution in [0.2, 0.25) is 0 Å². The van der Waals surface area contributed by atoms with Crippen LogP contribution in [0.5, 0.6) is 11.5 Å². The molecule has 4 rings (SSSR count). The fourth-order valence-electron chi connectivity index (χ4n) is 4.16. The Morgan fingerprint density at radius 3 is 1.95 bits per heavy atom. The number of benzene rings is 3. The number of aryl methyl sites for hydroxylation is 1. The van der Waals surface area contributed by atoms with Gasteiger partial charge in [0, 0.05) is 44.2 Å². The second-order valence-electron chi connectivity index (χ2n) is 8.49. The number of hydrogen-bond donors (Lipinski definition) is 1. The summed E-state index contributed by atoms with van der Waals surface area (Å²) in [6.07, 6.45) is -9.35. The molecule has 3 aromatic carbocycles. The van der Waals surface area contributed by atoms with E-state index in [2.05, 4.69) is 0 Å². The first kappa shape index (κ1) is 34.6. The second kappa shape index (κ2) is 14.3. The van der Waals surface area contributed by atoms with Crippen molar-refractivity contribution in [1.82, 2.24) is 0 Å². The van der Waals surface area contributed by atoms with Gasteiger partial charge in [-0.15, -0.1) is 0 Å². The van der Waals surface area contributed by atoms with Gasteiger partial charge >= 0.3 is 12.4 Å². The fraction of sp³-hybridized carbons (Fsp3) is 0.321. The van der Waals surface area contributed by atoms with E-state index in [1.807, 2.05) is 13.8 Å². The SMILES string of the molecule is CC.O.O=C1c2ccc(OCc3ccc(O)cc3)cc2CCC1Cc1cc(C(F)(F)F)cc(C(F)(F)F)c1.[Y]. The van der Waals surface area contributed by atoms with Gasteiger partial charge in [-0.2, -0.15) is 26.3 Å². The van der Waals surface area contributed by atoms with Gasteiger partial charge in [-0.3, -0.25) is 4.79 Å². The molecule has 1 aliphatic carbocycles. The zero-order valence-corrected chi connectivity index (χ0v) is 24.1. The first-order chi connectivity index (χ1) is 17.4. The van der Waals surface area contributed by atoms with Crippen molar-refractivity contribution in [1.29, 1.82) is 0 Å². The third-order valence-electron chi connectivity index (χ3n) is 5.95. The Kier molecular flexibility index (Phi) is 12.7. The molecule has 0 bridgehead atoms. The number of halogens is 6. The molecule has 1 atom stereocenters. The average Bonchev–Trinajstić information content (AvgIpc) is 2.85. The van der Waals surface area contributed by atoms with Crippen molar-refractivity contribution in [2.24, 2.45) is 5.92 Å². The number of rotatable bonds is 5. The normalized spacial score (nSPS) is 14.7. The molecule has 11 heteroatoms. The van der Waals surface area contributed by atoms with Crippen molar-refractivity contribution in [2.75, 3.05) is 0 Å². The maximum absolute atomic E-state index is 13.2. The standard InChI is InChI=1S/C26H20F6O3.C2H6.H2O.Y/c27-25(28,29)19-10-16(11-20(13-19)26(30,31)32)9-18-4-3-17-12-22(7-8-23(17)24(18)34)35-14-15-1-5-21(33)6-2-15;1-2;;/h1-2,5-8,10-13,18,33H,3-4,9,14H2;1-2H3;1H2;. The van der Waals surface area contributed by atoms with Crippen molar-refractivity contribution >= 4 is 5.78 Å². The van der Waals surface area contributed by atoms with Crippen LogP contribution >= 0.6 is 0 Å². The van der Waals surface area contributed by atoms with Crippen LogP contribution in [0, 0.1) is 5.92 Å². The molecule has 3 N–H and O–H groups in total. The molecular weight excluding hydrogens is 603 g/mol. The van der Waals surface area contributed by atoms with Gasteiger partial charge in [-0.25, -0.2) is 0 Å². The van der Waals surface area contributed by atoms with E-state index in [9.17, 15) is 36.2 Å². The number of carbonyl (C=O) groups is 1. The molecule has 1 unspecified atom stereocenters. The molecule has 0 saturated heterocycles. The van der Waals surface area contributed by atoms with Crippen LogP contribution in [-0.4, -0.2) is 16.4 Å². The van der Waals surface area contributed by atoms with E-state index in [4.69, 9.17) is 4.74 Å². The summed E-state index contributed by atoms with van der Waals surface area (Å²) >= 11 is 0. The zero-order chi connectivity index (χ0) is 27.4. The van der Waals surface area contributed by atoms with Gasteiger partial charge < -0.3 is 15.3 Å². The largest absolute Gasteiger partial charge is 0.508 e. The Balaban J connectivity index is 0.00000186. The van der Waals surface area contributed by atoms with Crippen LogP contribution in [0.15, 0.2) is 60.7 Å². The number of fused-ring (bicyclic) bond motifs is 1. The van der Waals surface area contributed by atoms with Gasteiger partial charge in [0.1, 0.15) is 18.1 Å². The molecule has 0 aliphatic heterocycles. The van der Waals surface area contributed by atoms with E-state index in [0.29, 0.717) is 36.3 Å². The predicted octanol–water partition coefficient (Wildman–Crippen LogP) is 7.20. The summed E-state index contributed by atoms with van der Waals surface area (Å²) in [5, 5.41) is 9.34. The van der Waals surface area contributed by atoms with Gasteiger partial charge in [0.2, 0.25) is 0 Å². The van der Waals surface area contributed by atoms with E-state index in [-0.39, 0.29) is 74.4 Å². The minimum Gasteiger partial charge on any atom is -0.508 e. The minimum atomic E-state index is -4.93. The van der Waals surface area contributed by atoms with Crippen LogP contribution in [0.25, 0.3) is 0 Å². The molecule has 4 nitrogen and oxygen atoms in total. The van der Waals surface area contributed by atoms with E-state index < -0.39 is 29.4 Å². The van der Waals surface area contributed by atoms with Crippen molar-refractivity contribution in [2.45, 2.75) is 52.1 Å². The van der Waals surface area contributed by atoms with Gasteiger partial charge in [-0.1, -0.05) is 26.0 Å². The molecule has 0 amide bonds. The van der Waals surface area contributed by atoms with Crippen molar-refractivity contribution in [3.05, 3.63) is 94.0 Å². The summed E-state index contributed by atoms with van der Waals surface area (Å²) < 4.78 is 84.7. The smallest absolute Gasteiger partial charge is 0.416 e. The van der Waals surface area contributed by atoms with E-state index in [0.717, 1.165) is 11.1 Å². The Morgan fingerprint density at radius 2 is 1.41 bits per heavy atom. The molecule has 0 fully saturated rings. The van der Waals surface area contributed by atoms with Crippen LogP contribution in [0.3, 0.4) is 0 Å². The van der Waals surface area contributed by atoms with E-state index in [1.54, 1.807) is 30.3 Å². The maximum Gasteiger partial charge on any atom is 0.416 e. The number of ketones is 1. The topological polar surface area (TPSA) is 78.0 Å². The predicted molar refractivity (Wildman–Crippen MR) is 130 cm³/mol. The number of alkyl halides is 6. The number of ether oxygens (including phenoxy) is 1. The first-order valence-electron chi connectivity index (χ1n) is 11.8. The van der Waals surface area contributed by atoms with Crippen molar-refractivity contribution in [3.63, 3.8) is 0 Å². The molecular formula is C28H28F6O4Y. The zero-order valence-electron chi connectivity index (χ0n) is 21.3. The molecule has 0 heterocycles. The number of hydrogen-bond acceptors (Lipinski definition) is 3. The Morgan fingerprint density at radius 1 is 0.846 bits per heavy atom. The number of phenolic OH excluding ortho intramolecular Hbond substituents is 1. The van der Waals surface area contributed by atoms with E-state index >= 15 is 0 Å². The Hall–Kier alpha value is -2.43. The third-order valence-corrected chi connectivity index (χ3v) is 5.95. The van der Waals surface area contributed by atoms with E-state index in [1.165, 1.54) is 12.1 Å². The average molecular weight is 631 g/mol. The number of Topliss-reactive ketones (excluding diaryl/α,β-unsaturated/α-hetero) is 1. The molecule has 1 radical (unpaired) electrons. The molecule has 39 heavy (non-hydrogen) atoms. The minimum absolute atomic E-state index is 0. The van der Waals surface area contributed by atoms with Gasteiger partial charge in [0.05, 0.1) is 11.1 Å². The van der Waals surface area contributed by atoms with Gasteiger partial charge in [0.15, 0.2) is 5.78 Å². The number of carbonyl (C=O) groups excluding carboxylic acids is 1.